The van der Waals surface area contributed by atoms with Crippen molar-refractivity contribution < 1.29 is 9.50 Å². The lowest BCUT2D eigenvalue weighted by atomic mass is 9.85. The zero-order valence-corrected chi connectivity index (χ0v) is 9.68. The molecule has 0 radical (unpaired) electrons. The summed E-state index contributed by atoms with van der Waals surface area (Å²) in [6, 6.07) is 9.12. The molecular formula is C15H12FNO. The molecular weight excluding hydrogens is 229 g/mol. The molecule has 0 spiro atoms. The Balaban J connectivity index is 2.51. The van der Waals surface area contributed by atoms with E-state index in [1.165, 1.54) is 24.3 Å². The molecule has 0 aliphatic carbocycles. The van der Waals surface area contributed by atoms with Crippen molar-refractivity contribution >= 4 is 0 Å². The Bertz CT molecular complexity index is 559. The average molecular weight is 241 g/mol. The molecule has 0 aliphatic rings. The lowest BCUT2D eigenvalue weighted by Gasteiger charge is -2.27. The van der Waals surface area contributed by atoms with Crippen LogP contribution in [0.1, 0.15) is 17.5 Å². The molecule has 1 aromatic heterocycles. The lowest BCUT2D eigenvalue weighted by Crippen LogP contribution is -2.26. The summed E-state index contributed by atoms with van der Waals surface area (Å²) < 4.78 is 12.9. The first-order valence-corrected chi connectivity index (χ1v) is 5.49. The van der Waals surface area contributed by atoms with Gasteiger partial charge in [-0.05, 0) is 23.8 Å². The van der Waals surface area contributed by atoms with E-state index in [2.05, 4.69) is 10.9 Å². The molecule has 0 saturated carbocycles. The van der Waals surface area contributed by atoms with Gasteiger partial charge in [-0.3, -0.25) is 4.98 Å². The summed E-state index contributed by atoms with van der Waals surface area (Å²) in [4.78, 5) is 3.97. The average Bonchev–Trinajstić information content (AvgIpc) is 2.40. The van der Waals surface area contributed by atoms with E-state index in [0.717, 1.165) is 0 Å². The largest absolute Gasteiger partial charge is 0.379 e. The maximum atomic E-state index is 12.9. The molecule has 1 N–H and O–H groups in total. The highest BCUT2D eigenvalue weighted by atomic mass is 19.1. The predicted molar refractivity (Wildman–Crippen MR) is 67.1 cm³/mol. The van der Waals surface area contributed by atoms with Crippen molar-refractivity contribution in [3.05, 3.63) is 65.7 Å². The van der Waals surface area contributed by atoms with Crippen LogP contribution in [0.4, 0.5) is 4.39 Å². The minimum Gasteiger partial charge on any atom is -0.379 e. The second kappa shape index (κ2) is 4.99. The molecule has 2 aromatic rings. The SMILES string of the molecule is C#CCC(O)(c1ccc(F)cc1)c1cccnc1. The van der Waals surface area contributed by atoms with Crippen molar-refractivity contribution in [1.82, 2.24) is 4.98 Å². The van der Waals surface area contributed by atoms with Crippen LogP contribution in [0.5, 0.6) is 0 Å². The molecule has 18 heavy (non-hydrogen) atoms. The van der Waals surface area contributed by atoms with E-state index in [1.54, 1.807) is 24.5 Å². The Morgan fingerprint density at radius 2 is 1.94 bits per heavy atom. The fraction of sp³-hybridized carbons (Fsp3) is 0.133. The van der Waals surface area contributed by atoms with E-state index in [-0.39, 0.29) is 12.2 Å². The topological polar surface area (TPSA) is 33.1 Å². The fourth-order valence-electron chi connectivity index (χ4n) is 1.85. The number of aliphatic hydroxyl groups is 1. The van der Waals surface area contributed by atoms with E-state index < -0.39 is 5.60 Å². The Morgan fingerprint density at radius 1 is 1.22 bits per heavy atom. The third-order valence-electron chi connectivity index (χ3n) is 2.82. The third kappa shape index (κ3) is 2.24. The molecule has 1 unspecified atom stereocenters. The van der Waals surface area contributed by atoms with E-state index in [9.17, 15) is 9.50 Å². The summed E-state index contributed by atoms with van der Waals surface area (Å²) in [5.74, 6) is 2.09. The zero-order chi connectivity index (χ0) is 13.0. The molecule has 0 amide bonds. The van der Waals surface area contributed by atoms with E-state index in [0.29, 0.717) is 11.1 Å². The summed E-state index contributed by atoms with van der Waals surface area (Å²) in [6.07, 6.45) is 8.59. The number of nitrogens with zero attached hydrogens (tertiary/aromatic N) is 1. The first-order valence-electron chi connectivity index (χ1n) is 5.49. The van der Waals surface area contributed by atoms with Gasteiger partial charge in [0.1, 0.15) is 11.4 Å². The van der Waals surface area contributed by atoms with Gasteiger partial charge in [0.05, 0.1) is 0 Å². The summed E-state index contributed by atoms with van der Waals surface area (Å²) in [5, 5.41) is 10.7. The first-order chi connectivity index (χ1) is 8.66. The van der Waals surface area contributed by atoms with Crippen LogP contribution in [0.3, 0.4) is 0 Å². The van der Waals surface area contributed by atoms with Gasteiger partial charge in [-0.25, -0.2) is 4.39 Å². The number of pyridine rings is 1. The summed E-state index contributed by atoms with van der Waals surface area (Å²) in [5.41, 5.74) is -0.194. The Morgan fingerprint density at radius 3 is 2.50 bits per heavy atom. The maximum absolute atomic E-state index is 12.9. The van der Waals surface area contributed by atoms with Crippen molar-refractivity contribution in [3.63, 3.8) is 0 Å². The van der Waals surface area contributed by atoms with Crippen molar-refractivity contribution in [2.45, 2.75) is 12.0 Å². The number of hydrogen-bond acceptors (Lipinski definition) is 2. The van der Waals surface area contributed by atoms with Gasteiger partial charge in [0.2, 0.25) is 0 Å². The third-order valence-corrected chi connectivity index (χ3v) is 2.82. The molecule has 1 atom stereocenters. The minimum atomic E-state index is -1.34. The van der Waals surface area contributed by atoms with Crippen LogP contribution in [0, 0.1) is 18.2 Å². The van der Waals surface area contributed by atoms with Gasteiger partial charge in [0.25, 0.3) is 0 Å². The second-order valence-corrected chi connectivity index (χ2v) is 3.99. The van der Waals surface area contributed by atoms with Gasteiger partial charge in [0, 0.05) is 24.4 Å². The number of hydrogen-bond donors (Lipinski definition) is 1. The Hall–Kier alpha value is -2.18. The molecule has 2 nitrogen and oxygen atoms in total. The molecule has 3 heteroatoms. The number of rotatable bonds is 3. The quantitative estimate of drug-likeness (QED) is 0.837. The van der Waals surface area contributed by atoms with Crippen LogP contribution in [0.2, 0.25) is 0 Å². The smallest absolute Gasteiger partial charge is 0.127 e. The highest BCUT2D eigenvalue weighted by Gasteiger charge is 2.30. The normalized spacial score (nSPS) is 13.6. The number of halogens is 1. The highest BCUT2D eigenvalue weighted by molar-refractivity contribution is 5.36. The molecule has 2 rings (SSSR count). The van der Waals surface area contributed by atoms with Crippen LogP contribution in [0.25, 0.3) is 0 Å². The van der Waals surface area contributed by atoms with Gasteiger partial charge >= 0.3 is 0 Å². The van der Waals surface area contributed by atoms with Crippen LogP contribution in [0.15, 0.2) is 48.8 Å². The lowest BCUT2D eigenvalue weighted by molar-refractivity contribution is 0.0861. The van der Waals surface area contributed by atoms with Gasteiger partial charge < -0.3 is 5.11 Å². The van der Waals surface area contributed by atoms with E-state index in [4.69, 9.17) is 6.42 Å². The molecule has 0 aliphatic heterocycles. The monoisotopic (exact) mass is 241 g/mol. The van der Waals surface area contributed by atoms with Gasteiger partial charge in [-0.2, -0.15) is 0 Å². The van der Waals surface area contributed by atoms with Crippen LogP contribution < -0.4 is 0 Å². The number of aromatic nitrogens is 1. The number of terminal acetylenes is 1. The van der Waals surface area contributed by atoms with Crippen LogP contribution >= 0.6 is 0 Å². The van der Waals surface area contributed by atoms with Crippen LogP contribution in [-0.4, -0.2) is 10.1 Å². The fourth-order valence-corrected chi connectivity index (χ4v) is 1.85. The first kappa shape index (κ1) is 12.3. The maximum Gasteiger partial charge on any atom is 0.127 e. The summed E-state index contributed by atoms with van der Waals surface area (Å²) in [6.45, 7) is 0. The van der Waals surface area contributed by atoms with Crippen molar-refractivity contribution in [2.24, 2.45) is 0 Å². The minimum absolute atomic E-state index is 0.102. The standard InChI is InChI=1S/C15H12FNO/c1-2-9-15(18,13-4-3-10-17-11-13)12-5-7-14(16)8-6-12/h1,3-8,10-11,18H,9H2. The zero-order valence-electron chi connectivity index (χ0n) is 9.68. The molecule has 0 bridgehead atoms. The Labute approximate surface area is 105 Å². The van der Waals surface area contributed by atoms with Crippen molar-refractivity contribution in [3.8, 4) is 12.3 Å². The van der Waals surface area contributed by atoms with Gasteiger partial charge in [0.15, 0.2) is 0 Å². The second-order valence-electron chi connectivity index (χ2n) is 3.99. The predicted octanol–water partition coefficient (Wildman–Crippen LogP) is 2.48. The molecule has 0 fully saturated rings. The highest BCUT2D eigenvalue weighted by Crippen LogP contribution is 2.32. The van der Waals surface area contributed by atoms with Crippen molar-refractivity contribution in [2.75, 3.05) is 0 Å². The van der Waals surface area contributed by atoms with Gasteiger partial charge in [-0.1, -0.05) is 18.2 Å². The number of benzene rings is 1. The van der Waals surface area contributed by atoms with Crippen molar-refractivity contribution in [1.29, 1.82) is 0 Å². The summed E-state index contributed by atoms with van der Waals surface area (Å²) in [7, 11) is 0. The Kier molecular flexibility index (Phi) is 3.40. The van der Waals surface area contributed by atoms with Gasteiger partial charge in [-0.15, -0.1) is 12.3 Å². The van der Waals surface area contributed by atoms with E-state index >= 15 is 0 Å². The van der Waals surface area contributed by atoms with E-state index in [1.807, 2.05) is 0 Å². The summed E-state index contributed by atoms with van der Waals surface area (Å²) >= 11 is 0. The molecule has 1 heterocycles. The van der Waals surface area contributed by atoms with Crippen LogP contribution in [-0.2, 0) is 5.60 Å². The molecule has 0 saturated heterocycles. The molecule has 90 valence electrons. The molecule has 1 aromatic carbocycles.